The number of rotatable bonds is 4. The summed E-state index contributed by atoms with van der Waals surface area (Å²) in [4.78, 5) is 25.4. The molecule has 4 nitrogen and oxygen atoms in total. The zero-order chi connectivity index (χ0) is 16.9. The van der Waals surface area contributed by atoms with Crippen LogP contribution in [0.15, 0.2) is 30.3 Å². The molecule has 1 aromatic heterocycles. The summed E-state index contributed by atoms with van der Waals surface area (Å²) < 4.78 is 5.27. The molecule has 126 valence electrons. The predicted molar refractivity (Wildman–Crippen MR) is 95.8 cm³/mol. The summed E-state index contributed by atoms with van der Waals surface area (Å²) in [7, 11) is 0. The number of benzene rings is 1. The van der Waals surface area contributed by atoms with Gasteiger partial charge in [-0.2, -0.15) is 0 Å². The number of amides is 1. The summed E-state index contributed by atoms with van der Waals surface area (Å²) in [5.74, 6) is 0.00718. The number of ether oxygens (including phenoxy) is 1. The SMILES string of the molecule is CC(=O)c1c(NC(=O)OCc2ccccc2)sc2c1CCCCC2. The van der Waals surface area contributed by atoms with Gasteiger partial charge in [-0.05, 0) is 43.7 Å². The third-order valence-electron chi connectivity index (χ3n) is 4.20. The van der Waals surface area contributed by atoms with Gasteiger partial charge in [0.15, 0.2) is 5.78 Å². The van der Waals surface area contributed by atoms with Crippen molar-refractivity contribution in [3.63, 3.8) is 0 Å². The number of carbonyl (C=O) groups excluding carboxylic acids is 2. The number of nitrogens with one attached hydrogen (secondary N) is 1. The minimum atomic E-state index is -0.516. The molecule has 2 aromatic rings. The molecule has 24 heavy (non-hydrogen) atoms. The Hall–Kier alpha value is -2.14. The third-order valence-corrected chi connectivity index (χ3v) is 5.41. The lowest BCUT2D eigenvalue weighted by atomic mass is 10.0. The molecule has 0 saturated heterocycles. The molecule has 0 bridgehead atoms. The maximum absolute atomic E-state index is 12.1. The van der Waals surface area contributed by atoms with Crippen molar-refractivity contribution in [1.29, 1.82) is 0 Å². The van der Waals surface area contributed by atoms with E-state index in [9.17, 15) is 9.59 Å². The van der Waals surface area contributed by atoms with Gasteiger partial charge in [-0.3, -0.25) is 10.1 Å². The first-order chi connectivity index (χ1) is 11.6. The molecule has 1 aliphatic carbocycles. The predicted octanol–water partition coefficient (Wildman–Crippen LogP) is 4.97. The Morgan fingerprint density at radius 1 is 1.12 bits per heavy atom. The Bertz CT molecular complexity index is 737. The first-order valence-corrected chi connectivity index (χ1v) is 9.10. The van der Waals surface area contributed by atoms with Crippen molar-refractivity contribution in [3.8, 4) is 0 Å². The molecule has 0 saturated carbocycles. The van der Waals surface area contributed by atoms with Crippen molar-refractivity contribution < 1.29 is 14.3 Å². The summed E-state index contributed by atoms with van der Waals surface area (Å²) in [6.07, 6.45) is 4.83. The molecule has 1 aromatic carbocycles. The van der Waals surface area contributed by atoms with Crippen molar-refractivity contribution in [2.24, 2.45) is 0 Å². The molecule has 0 unspecified atom stereocenters. The van der Waals surface area contributed by atoms with E-state index in [0.717, 1.165) is 36.8 Å². The number of fused-ring (bicyclic) bond motifs is 1. The lowest BCUT2D eigenvalue weighted by Gasteiger charge is -2.08. The summed E-state index contributed by atoms with van der Waals surface area (Å²) in [5.41, 5.74) is 2.73. The number of thiophene rings is 1. The molecule has 5 heteroatoms. The third kappa shape index (κ3) is 3.85. The van der Waals surface area contributed by atoms with Gasteiger partial charge in [0.25, 0.3) is 0 Å². The smallest absolute Gasteiger partial charge is 0.412 e. The largest absolute Gasteiger partial charge is 0.444 e. The van der Waals surface area contributed by atoms with Gasteiger partial charge in [0, 0.05) is 4.88 Å². The quantitative estimate of drug-likeness (QED) is 0.630. The number of ketones is 1. The van der Waals surface area contributed by atoms with E-state index in [1.165, 1.54) is 22.6 Å². The van der Waals surface area contributed by atoms with E-state index in [0.29, 0.717) is 10.6 Å². The summed E-state index contributed by atoms with van der Waals surface area (Å²) in [6.45, 7) is 1.78. The van der Waals surface area contributed by atoms with Gasteiger partial charge in [0.2, 0.25) is 0 Å². The van der Waals surface area contributed by atoms with Crippen molar-refractivity contribution in [2.45, 2.75) is 45.6 Å². The maximum Gasteiger partial charge on any atom is 0.412 e. The summed E-state index contributed by atoms with van der Waals surface area (Å²) >= 11 is 1.52. The Morgan fingerprint density at radius 2 is 1.88 bits per heavy atom. The molecular weight excluding hydrogens is 322 g/mol. The van der Waals surface area contributed by atoms with Crippen molar-refractivity contribution in [1.82, 2.24) is 0 Å². The molecule has 1 amide bonds. The highest BCUT2D eigenvalue weighted by Crippen LogP contribution is 2.37. The fraction of sp³-hybridized carbons (Fsp3) is 0.368. The van der Waals surface area contributed by atoms with Crippen LogP contribution in [0.3, 0.4) is 0 Å². The fourth-order valence-electron chi connectivity index (χ4n) is 3.06. The number of Topliss-reactive ketones (excluding diaryl/α,β-unsaturated/α-hetero) is 1. The highest BCUT2D eigenvalue weighted by molar-refractivity contribution is 7.17. The standard InChI is InChI=1S/C19H21NO3S/c1-13(21)17-15-10-6-3-7-11-16(15)24-18(17)20-19(22)23-12-14-8-4-2-5-9-14/h2,4-5,8-9H,3,6-7,10-12H2,1H3,(H,20,22). The van der Waals surface area contributed by atoms with E-state index in [2.05, 4.69) is 5.32 Å². The molecule has 0 fully saturated rings. The van der Waals surface area contributed by atoms with E-state index in [1.807, 2.05) is 30.3 Å². The number of hydrogen-bond donors (Lipinski definition) is 1. The van der Waals surface area contributed by atoms with Crippen molar-refractivity contribution in [2.75, 3.05) is 5.32 Å². The lowest BCUT2D eigenvalue weighted by molar-refractivity contribution is 0.101. The monoisotopic (exact) mass is 343 g/mol. The van der Waals surface area contributed by atoms with Gasteiger partial charge >= 0.3 is 6.09 Å². The van der Waals surface area contributed by atoms with Crippen LogP contribution >= 0.6 is 11.3 Å². The van der Waals surface area contributed by atoms with Crippen LogP contribution in [0.2, 0.25) is 0 Å². The van der Waals surface area contributed by atoms with Crippen molar-refractivity contribution >= 4 is 28.2 Å². The zero-order valence-corrected chi connectivity index (χ0v) is 14.6. The van der Waals surface area contributed by atoms with E-state index in [4.69, 9.17) is 4.74 Å². The van der Waals surface area contributed by atoms with Gasteiger partial charge in [0.05, 0.1) is 5.56 Å². The Balaban J connectivity index is 1.72. The average Bonchev–Trinajstić information content (AvgIpc) is 2.75. The molecule has 3 rings (SSSR count). The zero-order valence-electron chi connectivity index (χ0n) is 13.8. The number of carbonyl (C=O) groups is 2. The van der Waals surface area contributed by atoms with Crippen LogP contribution in [0.5, 0.6) is 0 Å². The van der Waals surface area contributed by atoms with Gasteiger partial charge in [-0.15, -0.1) is 11.3 Å². The van der Waals surface area contributed by atoms with Crippen LogP contribution in [0.25, 0.3) is 0 Å². The van der Waals surface area contributed by atoms with E-state index in [-0.39, 0.29) is 12.4 Å². The lowest BCUT2D eigenvalue weighted by Crippen LogP contribution is -2.14. The Labute approximate surface area is 145 Å². The second kappa shape index (κ2) is 7.62. The normalized spacial score (nSPS) is 13.7. The average molecular weight is 343 g/mol. The fourth-order valence-corrected chi connectivity index (χ4v) is 4.38. The van der Waals surface area contributed by atoms with Crippen LogP contribution < -0.4 is 5.32 Å². The first-order valence-electron chi connectivity index (χ1n) is 8.28. The molecule has 0 atom stereocenters. The first kappa shape index (κ1) is 16.7. The van der Waals surface area contributed by atoms with Crippen LogP contribution in [0, 0.1) is 0 Å². The number of anilines is 1. The maximum atomic E-state index is 12.1. The number of aryl methyl sites for hydroxylation is 1. The van der Waals surface area contributed by atoms with Crippen LogP contribution in [-0.4, -0.2) is 11.9 Å². The van der Waals surface area contributed by atoms with Gasteiger partial charge in [-0.25, -0.2) is 4.79 Å². The highest BCUT2D eigenvalue weighted by atomic mass is 32.1. The minimum absolute atomic E-state index is 0.00718. The second-order valence-corrected chi connectivity index (χ2v) is 7.12. The Morgan fingerprint density at radius 3 is 2.62 bits per heavy atom. The van der Waals surface area contributed by atoms with E-state index < -0.39 is 6.09 Å². The summed E-state index contributed by atoms with van der Waals surface area (Å²) in [6, 6.07) is 9.53. The van der Waals surface area contributed by atoms with Crippen LogP contribution in [0.1, 0.15) is 52.5 Å². The molecule has 1 heterocycles. The topological polar surface area (TPSA) is 55.4 Å². The molecule has 1 aliphatic rings. The molecule has 0 spiro atoms. The van der Waals surface area contributed by atoms with Gasteiger partial charge in [0.1, 0.15) is 11.6 Å². The van der Waals surface area contributed by atoms with Crippen LogP contribution in [-0.2, 0) is 24.2 Å². The van der Waals surface area contributed by atoms with Crippen molar-refractivity contribution in [3.05, 3.63) is 51.9 Å². The highest BCUT2D eigenvalue weighted by Gasteiger charge is 2.23. The van der Waals surface area contributed by atoms with Gasteiger partial charge in [-0.1, -0.05) is 36.8 Å². The van der Waals surface area contributed by atoms with E-state index in [1.54, 1.807) is 6.92 Å². The molecule has 0 aliphatic heterocycles. The number of hydrogen-bond acceptors (Lipinski definition) is 4. The molecule has 0 radical (unpaired) electrons. The minimum Gasteiger partial charge on any atom is -0.444 e. The second-order valence-electron chi connectivity index (χ2n) is 6.01. The van der Waals surface area contributed by atoms with Gasteiger partial charge < -0.3 is 4.74 Å². The molecule has 1 N–H and O–H groups in total. The molecular formula is C19H21NO3S. The van der Waals surface area contributed by atoms with Crippen LogP contribution in [0.4, 0.5) is 9.80 Å². The van der Waals surface area contributed by atoms with E-state index >= 15 is 0 Å². The Kier molecular flexibility index (Phi) is 5.30. The summed E-state index contributed by atoms with van der Waals surface area (Å²) in [5, 5.41) is 3.41.